The second-order valence-corrected chi connectivity index (χ2v) is 4.47. The average molecular weight is 200 g/mol. The highest BCUT2D eigenvalue weighted by molar-refractivity contribution is 4.78. The van der Waals surface area contributed by atoms with E-state index in [1.165, 1.54) is 6.42 Å². The zero-order valence-corrected chi connectivity index (χ0v) is 9.70. The molecule has 1 fully saturated rings. The molecule has 1 aliphatic rings. The van der Waals surface area contributed by atoms with Crippen LogP contribution in [0.25, 0.3) is 0 Å². The summed E-state index contributed by atoms with van der Waals surface area (Å²) in [5.41, 5.74) is 6.14. The Bertz CT molecular complexity index is 163. The number of hydrogen-bond acceptors (Lipinski definition) is 3. The van der Waals surface area contributed by atoms with Crippen molar-refractivity contribution in [3.05, 3.63) is 0 Å². The van der Waals surface area contributed by atoms with E-state index in [0.29, 0.717) is 18.0 Å². The predicted octanol–water partition coefficient (Wildman–Crippen LogP) is 1.08. The zero-order valence-electron chi connectivity index (χ0n) is 9.70. The lowest BCUT2D eigenvalue weighted by molar-refractivity contribution is -0.00493. The first-order valence-electron chi connectivity index (χ1n) is 5.72. The fourth-order valence-corrected chi connectivity index (χ4v) is 1.79. The maximum atomic E-state index is 6.14. The van der Waals surface area contributed by atoms with Gasteiger partial charge in [-0.15, -0.1) is 0 Å². The van der Waals surface area contributed by atoms with Crippen molar-refractivity contribution in [2.75, 3.05) is 26.3 Å². The van der Waals surface area contributed by atoms with Gasteiger partial charge in [0, 0.05) is 25.2 Å². The predicted molar refractivity (Wildman–Crippen MR) is 59.3 cm³/mol. The Hall–Kier alpha value is -0.120. The third kappa shape index (κ3) is 3.23. The average Bonchev–Trinajstić information content (AvgIpc) is 2.20. The number of morpholine rings is 1. The highest BCUT2D eigenvalue weighted by atomic mass is 16.5. The summed E-state index contributed by atoms with van der Waals surface area (Å²) in [6, 6.07) is 0.833. The smallest absolute Gasteiger partial charge is 0.0619 e. The number of hydrogen-bond donors (Lipinski definition) is 1. The Kier molecular flexibility index (Phi) is 4.85. The molecular weight excluding hydrogens is 176 g/mol. The van der Waals surface area contributed by atoms with E-state index >= 15 is 0 Å². The molecule has 0 bridgehead atoms. The molecule has 0 saturated carbocycles. The second-order valence-electron chi connectivity index (χ2n) is 4.47. The number of rotatable bonds is 4. The van der Waals surface area contributed by atoms with Crippen LogP contribution in [0.5, 0.6) is 0 Å². The van der Waals surface area contributed by atoms with Gasteiger partial charge in [0.15, 0.2) is 0 Å². The molecule has 3 unspecified atom stereocenters. The van der Waals surface area contributed by atoms with Crippen LogP contribution in [-0.4, -0.2) is 43.3 Å². The van der Waals surface area contributed by atoms with Crippen LogP contribution in [0.15, 0.2) is 0 Å². The van der Waals surface area contributed by atoms with Crippen molar-refractivity contribution in [3.63, 3.8) is 0 Å². The fourth-order valence-electron chi connectivity index (χ4n) is 1.79. The molecule has 0 radical (unpaired) electrons. The summed E-state index contributed by atoms with van der Waals surface area (Å²) in [7, 11) is 0. The highest BCUT2D eigenvalue weighted by Crippen LogP contribution is 2.11. The van der Waals surface area contributed by atoms with Crippen LogP contribution < -0.4 is 5.73 Å². The molecule has 1 aliphatic heterocycles. The quantitative estimate of drug-likeness (QED) is 0.738. The van der Waals surface area contributed by atoms with Crippen LogP contribution in [0.3, 0.4) is 0 Å². The van der Waals surface area contributed by atoms with Gasteiger partial charge in [-0.3, -0.25) is 4.90 Å². The lowest BCUT2D eigenvalue weighted by Gasteiger charge is -2.36. The molecule has 0 aromatic carbocycles. The van der Waals surface area contributed by atoms with Crippen LogP contribution >= 0.6 is 0 Å². The summed E-state index contributed by atoms with van der Waals surface area (Å²) in [6.07, 6.45) is 1.17. The van der Waals surface area contributed by atoms with Crippen molar-refractivity contribution < 1.29 is 4.74 Å². The van der Waals surface area contributed by atoms with Gasteiger partial charge < -0.3 is 10.5 Å². The minimum atomic E-state index is 0.306. The van der Waals surface area contributed by atoms with Crippen molar-refractivity contribution in [3.8, 4) is 0 Å². The lowest BCUT2D eigenvalue weighted by Crippen LogP contribution is -2.50. The summed E-state index contributed by atoms with van der Waals surface area (Å²) < 4.78 is 5.40. The molecule has 1 heterocycles. The first kappa shape index (κ1) is 12.0. The summed E-state index contributed by atoms with van der Waals surface area (Å²) in [5, 5.41) is 0. The Balaban J connectivity index is 2.34. The summed E-state index contributed by atoms with van der Waals surface area (Å²) in [4.78, 5) is 2.44. The fraction of sp³-hybridized carbons (Fsp3) is 1.00. The molecule has 3 nitrogen and oxygen atoms in total. The Morgan fingerprint density at radius 1 is 1.57 bits per heavy atom. The molecule has 0 aliphatic carbocycles. The van der Waals surface area contributed by atoms with E-state index < -0.39 is 0 Å². The lowest BCUT2D eigenvalue weighted by atomic mass is 9.99. The topological polar surface area (TPSA) is 38.5 Å². The van der Waals surface area contributed by atoms with Crippen molar-refractivity contribution in [1.82, 2.24) is 4.90 Å². The van der Waals surface area contributed by atoms with Gasteiger partial charge in [0.25, 0.3) is 0 Å². The molecule has 0 aromatic rings. The molecular formula is C11H24N2O. The van der Waals surface area contributed by atoms with Gasteiger partial charge in [0.2, 0.25) is 0 Å². The molecule has 0 spiro atoms. The van der Waals surface area contributed by atoms with Gasteiger partial charge in [0.05, 0.1) is 13.2 Å². The molecule has 3 heteroatoms. The van der Waals surface area contributed by atoms with Crippen molar-refractivity contribution in [2.45, 2.75) is 39.3 Å². The Morgan fingerprint density at radius 2 is 2.29 bits per heavy atom. The number of ether oxygens (including phenoxy) is 1. The maximum Gasteiger partial charge on any atom is 0.0619 e. The van der Waals surface area contributed by atoms with E-state index in [4.69, 9.17) is 10.5 Å². The largest absolute Gasteiger partial charge is 0.379 e. The minimum absolute atomic E-state index is 0.306. The summed E-state index contributed by atoms with van der Waals surface area (Å²) in [5.74, 6) is 0.616. The molecule has 2 N–H and O–H groups in total. The zero-order chi connectivity index (χ0) is 10.6. The van der Waals surface area contributed by atoms with Crippen LogP contribution in [-0.2, 0) is 4.74 Å². The van der Waals surface area contributed by atoms with Gasteiger partial charge in [0.1, 0.15) is 0 Å². The van der Waals surface area contributed by atoms with E-state index in [1.54, 1.807) is 0 Å². The second kappa shape index (κ2) is 5.69. The SMILES string of the molecule is CCC(C)C(N)CN1CCOCC1C. The van der Waals surface area contributed by atoms with Gasteiger partial charge in [-0.2, -0.15) is 0 Å². The van der Waals surface area contributed by atoms with Gasteiger partial charge >= 0.3 is 0 Å². The van der Waals surface area contributed by atoms with Crippen LogP contribution in [0.1, 0.15) is 27.2 Å². The van der Waals surface area contributed by atoms with E-state index in [2.05, 4.69) is 25.7 Å². The Labute approximate surface area is 87.6 Å². The first-order valence-corrected chi connectivity index (χ1v) is 5.72. The molecule has 3 atom stereocenters. The van der Waals surface area contributed by atoms with E-state index in [9.17, 15) is 0 Å². The number of nitrogens with zero attached hydrogens (tertiary/aromatic N) is 1. The van der Waals surface area contributed by atoms with Crippen molar-refractivity contribution in [2.24, 2.45) is 11.7 Å². The standard InChI is InChI=1S/C11H24N2O/c1-4-9(2)11(12)7-13-5-6-14-8-10(13)3/h9-11H,4-8,12H2,1-3H3. The molecule has 84 valence electrons. The maximum absolute atomic E-state index is 6.14. The third-order valence-electron chi connectivity index (χ3n) is 3.33. The molecule has 0 amide bonds. The van der Waals surface area contributed by atoms with Crippen LogP contribution in [0.2, 0.25) is 0 Å². The van der Waals surface area contributed by atoms with Crippen molar-refractivity contribution >= 4 is 0 Å². The number of nitrogens with two attached hydrogens (primary N) is 1. The van der Waals surface area contributed by atoms with Crippen molar-refractivity contribution in [1.29, 1.82) is 0 Å². The Morgan fingerprint density at radius 3 is 2.86 bits per heavy atom. The van der Waals surface area contributed by atoms with Crippen LogP contribution in [0.4, 0.5) is 0 Å². The van der Waals surface area contributed by atoms with E-state index in [0.717, 1.165) is 26.3 Å². The minimum Gasteiger partial charge on any atom is -0.379 e. The van der Waals surface area contributed by atoms with Gasteiger partial charge in [-0.05, 0) is 12.8 Å². The van der Waals surface area contributed by atoms with Gasteiger partial charge in [-0.1, -0.05) is 20.3 Å². The summed E-state index contributed by atoms with van der Waals surface area (Å²) in [6.45, 7) is 10.4. The molecule has 0 aromatic heterocycles. The molecule has 14 heavy (non-hydrogen) atoms. The van der Waals surface area contributed by atoms with Gasteiger partial charge in [-0.25, -0.2) is 0 Å². The first-order chi connectivity index (χ1) is 6.65. The third-order valence-corrected chi connectivity index (χ3v) is 3.33. The molecule has 1 rings (SSSR count). The van der Waals surface area contributed by atoms with E-state index in [-0.39, 0.29) is 0 Å². The van der Waals surface area contributed by atoms with Crippen LogP contribution in [0, 0.1) is 5.92 Å². The van der Waals surface area contributed by atoms with E-state index in [1.807, 2.05) is 0 Å². The summed E-state index contributed by atoms with van der Waals surface area (Å²) >= 11 is 0. The normalized spacial score (nSPS) is 28.7. The molecule has 1 saturated heterocycles. The highest BCUT2D eigenvalue weighted by Gasteiger charge is 2.22. The monoisotopic (exact) mass is 200 g/mol.